The van der Waals surface area contributed by atoms with E-state index in [4.69, 9.17) is 4.74 Å². The molecule has 2 amide bonds. The van der Waals surface area contributed by atoms with Crippen molar-refractivity contribution in [2.45, 2.75) is 45.6 Å². The number of aliphatic carboxylic acids is 1. The molecular weight excluding hydrogens is 495 g/mol. The van der Waals surface area contributed by atoms with Crippen LogP contribution < -0.4 is 10.6 Å². The molecule has 0 bridgehead atoms. The molecule has 38 heavy (non-hydrogen) atoms. The summed E-state index contributed by atoms with van der Waals surface area (Å²) in [5, 5.41) is 22.9. The maximum absolute atomic E-state index is 14.0. The van der Waals surface area contributed by atoms with Gasteiger partial charge in [0.05, 0.1) is 28.9 Å². The molecule has 200 valence electrons. The zero-order valence-electron chi connectivity index (χ0n) is 21.3. The molecule has 1 saturated carbocycles. The Morgan fingerprint density at radius 3 is 2.50 bits per heavy atom. The average Bonchev–Trinajstić information content (AvgIpc) is 3.24. The molecule has 3 aromatic rings. The van der Waals surface area contributed by atoms with Gasteiger partial charge in [0.1, 0.15) is 11.9 Å². The quantitative estimate of drug-likeness (QED) is 0.410. The van der Waals surface area contributed by atoms with Crippen LogP contribution in [0, 0.1) is 24.6 Å². The largest absolute Gasteiger partial charge is 0.481 e. The smallest absolute Gasteiger partial charge is 0.413 e. The summed E-state index contributed by atoms with van der Waals surface area (Å²) >= 11 is 0. The van der Waals surface area contributed by atoms with Gasteiger partial charge in [-0.2, -0.15) is 0 Å². The maximum atomic E-state index is 14.0. The van der Waals surface area contributed by atoms with E-state index in [2.05, 4.69) is 25.9 Å². The molecule has 0 spiro atoms. The van der Waals surface area contributed by atoms with Crippen molar-refractivity contribution in [3.8, 4) is 11.4 Å². The van der Waals surface area contributed by atoms with Crippen LogP contribution in [-0.4, -0.2) is 43.1 Å². The number of nitrogens with zero attached hydrogens (tertiary/aromatic N) is 4. The first-order valence-electron chi connectivity index (χ1n) is 12.3. The minimum absolute atomic E-state index is 0.214. The fraction of sp³-hybridized carbons (Fsp3) is 0.385. The number of hydrogen-bond acceptors (Lipinski definition) is 7. The van der Waals surface area contributed by atoms with Crippen LogP contribution in [0.25, 0.3) is 11.4 Å². The Labute approximate surface area is 218 Å². The summed E-state index contributed by atoms with van der Waals surface area (Å²) < 4.78 is 20.7. The van der Waals surface area contributed by atoms with E-state index >= 15 is 0 Å². The molecule has 1 aromatic carbocycles. The normalized spacial score (nSPS) is 17.9. The Balaban J connectivity index is 1.47. The number of carboxylic acids is 1. The van der Waals surface area contributed by atoms with Gasteiger partial charge in [0, 0.05) is 12.6 Å². The van der Waals surface area contributed by atoms with Crippen LogP contribution in [0.15, 0.2) is 36.4 Å². The maximum Gasteiger partial charge on any atom is 0.413 e. The number of anilines is 2. The molecule has 3 atom stereocenters. The Morgan fingerprint density at radius 2 is 1.82 bits per heavy atom. The van der Waals surface area contributed by atoms with Gasteiger partial charge in [-0.1, -0.05) is 36.3 Å². The highest BCUT2D eigenvalue weighted by Gasteiger charge is 2.36. The molecule has 1 fully saturated rings. The number of aromatic nitrogens is 4. The molecule has 0 aliphatic heterocycles. The van der Waals surface area contributed by atoms with Crippen LogP contribution in [0.2, 0.25) is 0 Å². The van der Waals surface area contributed by atoms with Gasteiger partial charge in [0.2, 0.25) is 5.91 Å². The molecule has 2 aromatic heterocycles. The zero-order valence-corrected chi connectivity index (χ0v) is 21.3. The Kier molecular flexibility index (Phi) is 7.99. The first-order valence-corrected chi connectivity index (χ1v) is 12.3. The molecular formula is C26H29FN6O5. The van der Waals surface area contributed by atoms with E-state index in [1.54, 1.807) is 45.2 Å². The Morgan fingerprint density at radius 1 is 1.11 bits per heavy atom. The third-order valence-corrected chi connectivity index (χ3v) is 6.68. The van der Waals surface area contributed by atoms with Gasteiger partial charge in [-0.05, 0) is 44.9 Å². The summed E-state index contributed by atoms with van der Waals surface area (Å²) in [4.78, 5) is 41.5. The molecule has 11 nitrogen and oxygen atoms in total. The first-order chi connectivity index (χ1) is 18.2. The SMILES string of the molecule is Cc1nc(-c2nnn(C)c2NC(=O)O[C@H](C)c2ccccc2F)ccc1NC(=O)[C@H]1CCCC[C@@H]1C(=O)O. The Bertz CT molecular complexity index is 1360. The van der Waals surface area contributed by atoms with Crippen molar-refractivity contribution in [1.82, 2.24) is 20.0 Å². The highest BCUT2D eigenvalue weighted by Crippen LogP contribution is 2.32. The van der Waals surface area contributed by atoms with Gasteiger partial charge in [-0.3, -0.25) is 14.9 Å². The van der Waals surface area contributed by atoms with E-state index < -0.39 is 35.8 Å². The Hall–Kier alpha value is -4.35. The lowest BCUT2D eigenvalue weighted by Crippen LogP contribution is -2.36. The van der Waals surface area contributed by atoms with E-state index in [1.165, 1.54) is 16.8 Å². The molecule has 0 saturated heterocycles. The molecule has 12 heteroatoms. The van der Waals surface area contributed by atoms with Crippen LogP contribution in [0.5, 0.6) is 0 Å². The second kappa shape index (κ2) is 11.4. The number of amides is 2. The monoisotopic (exact) mass is 524 g/mol. The number of carbonyl (C=O) groups excluding carboxylic acids is 2. The van der Waals surface area contributed by atoms with Gasteiger partial charge in [-0.25, -0.2) is 18.9 Å². The fourth-order valence-electron chi connectivity index (χ4n) is 4.62. The van der Waals surface area contributed by atoms with Crippen molar-refractivity contribution in [2.75, 3.05) is 10.6 Å². The van der Waals surface area contributed by atoms with Crippen molar-refractivity contribution < 1.29 is 28.6 Å². The number of nitrogens with one attached hydrogen (secondary N) is 2. The second-order valence-corrected chi connectivity index (χ2v) is 9.26. The third kappa shape index (κ3) is 5.79. The van der Waals surface area contributed by atoms with Crippen molar-refractivity contribution in [3.63, 3.8) is 0 Å². The highest BCUT2D eigenvalue weighted by molar-refractivity contribution is 5.96. The van der Waals surface area contributed by atoms with E-state index in [9.17, 15) is 23.9 Å². The highest BCUT2D eigenvalue weighted by atomic mass is 19.1. The topological polar surface area (TPSA) is 148 Å². The van der Waals surface area contributed by atoms with Crippen LogP contribution in [0.4, 0.5) is 20.7 Å². The van der Waals surface area contributed by atoms with Crippen molar-refractivity contribution in [2.24, 2.45) is 18.9 Å². The molecule has 1 aliphatic carbocycles. The van der Waals surface area contributed by atoms with Crippen LogP contribution >= 0.6 is 0 Å². The van der Waals surface area contributed by atoms with Gasteiger partial charge in [0.15, 0.2) is 11.5 Å². The second-order valence-electron chi connectivity index (χ2n) is 9.26. The van der Waals surface area contributed by atoms with Crippen LogP contribution in [0.3, 0.4) is 0 Å². The van der Waals surface area contributed by atoms with E-state index in [0.717, 1.165) is 12.8 Å². The molecule has 0 radical (unpaired) electrons. The van der Waals surface area contributed by atoms with Crippen molar-refractivity contribution >= 4 is 29.5 Å². The van der Waals surface area contributed by atoms with E-state index in [0.29, 0.717) is 29.9 Å². The van der Waals surface area contributed by atoms with Gasteiger partial charge in [-0.15, -0.1) is 5.10 Å². The number of carbonyl (C=O) groups is 3. The first kappa shape index (κ1) is 26.7. The summed E-state index contributed by atoms with van der Waals surface area (Å²) in [6, 6.07) is 9.28. The molecule has 1 aliphatic rings. The van der Waals surface area contributed by atoms with Crippen LogP contribution in [-0.2, 0) is 21.4 Å². The lowest BCUT2D eigenvalue weighted by Gasteiger charge is -2.27. The number of halogens is 1. The lowest BCUT2D eigenvalue weighted by atomic mass is 9.78. The summed E-state index contributed by atoms with van der Waals surface area (Å²) in [7, 11) is 1.58. The lowest BCUT2D eigenvalue weighted by molar-refractivity contribution is -0.147. The molecule has 4 rings (SSSR count). The predicted molar refractivity (Wildman–Crippen MR) is 136 cm³/mol. The number of carboxylic acid groups (broad SMARTS) is 1. The molecule has 2 heterocycles. The summed E-state index contributed by atoms with van der Waals surface area (Å²) in [5.41, 5.74) is 1.81. The average molecular weight is 525 g/mol. The van der Waals surface area contributed by atoms with E-state index in [-0.39, 0.29) is 23.0 Å². The summed E-state index contributed by atoms with van der Waals surface area (Å²) in [6.45, 7) is 3.26. The molecule has 3 N–H and O–H groups in total. The number of ether oxygens (including phenoxy) is 1. The summed E-state index contributed by atoms with van der Waals surface area (Å²) in [6.07, 6.45) is 0.936. The van der Waals surface area contributed by atoms with Gasteiger partial charge < -0.3 is 15.2 Å². The molecule has 0 unspecified atom stereocenters. The van der Waals surface area contributed by atoms with Crippen LogP contribution in [0.1, 0.15) is 50.0 Å². The number of aryl methyl sites for hydroxylation is 2. The number of rotatable bonds is 7. The number of pyridine rings is 1. The zero-order chi connectivity index (χ0) is 27.4. The van der Waals surface area contributed by atoms with E-state index in [1.807, 2.05) is 0 Å². The minimum Gasteiger partial charge on any atom is -0.481 e. The standard InChI is InChI=1S/C26H29FN6O5/c1-14-20(29-24(34)17-9-4-5-10-18(17)25(35)36)12-13-21(28-14)22-23(33(3)32-31-22)30-26(37)38-15(2)16-8-6-7-11-19(16)27/h6-8,11-13,15,17-18H,4-5,9-10H2,1-3H3,(H,29,34)(H,30,37)(H,35,36)/t15-,17+,18+/m1/s1. The number of hydrogen-bond donors (Lipinski definition) is 3. The predicted octanol–water partition coefficient (Wildman–Crippen LogP) is 4.46. The van der Waals surface area contributed by atoms with Crippen molar-refractivity contribution in [3.05, 3.63) is 53.5 Å². The number of benzene rings is 1. The third-order valence-electron chi connectivity index (χ3n) is 6.68. The van der Waals surface area contributed by atoms with Crippen molar-refractivity contribution in [1.29, 1.82) is 0 Å². The van der Waals surface area contributed by atoms with Gasteiger partial charge in [0.25, 0.3) is 0 Å². The summed E-state index contributed by atoms with van der Waals surface area (Å²) in [5.74, 6) is -2.88. The fourth-order valence-corrected chi connectivity index (χ4v) is 4.62. The minimum atomic E-state index is -0.959. The van der Waals surface area contributed by atoms with Gasteiger partial charge >= 0.3 is 12.1 Å².